The van der Waals surface area contributed by atoms with Crippen molar-refractivity contribution in [3.8, 4) is 5.75 Å². The molecule has 0 bridgehead atoms. The molecule has 1 unspecified atom stereocenters. The number of hydrogen-bond acceptors (Lipinski definition) is 3. The van der Waals surface area contributed by atoms with Gasteiger partial charge in [0.05, 0.1) is 6.61 Å². The lowest BCUT2D eigenvalue weighted by Crippen LogP contribution is -2.57. The highest BCUT2D eigenvalue weighted by Gasteiger charge is 2.35. The Morgan fingerprint density at radius 2 is 2.08 bits per heavy atom. The van der Waals surface area contributed by atoms with E-state index >= 15 is 0 Å². The van der Waals surface area contributed by atoms with Crippen molar-refractivity contribution >= 4 is 11.8 Å². The summed E-state index contributed by atoms with van der Waals surface area (Å²) in [6, 6.07) is 6.91. The predicted molar refractivity (Wildman–Crippen MR) is 96.6 cm³/mol. The average Bonchev–Trinajstić information content (AvgIpc) is 2.64. The summed E-state index contributed by atoms with van der Waals surface area (Å²) in [4.78, 5) is 27.3. The van der Waals surface area contributed by atoms with Crippen LogP contribution in [0, 0.1) is 5.92 Å². The molecule has 5 heteroatoms. The van der Waals surface area contributed by atoms with Crippen LogP contribution in [0.5, 0.6) is 5.75 Å². The first-order valence-electron chi connectivity index (χ1n) is 9.50. The molecule has 25 heavy (non-hydrogen) atoms. The molecule has 1 saturated carbocycles. The van der Waals surface area contributed by atoms with Crippen molar-refractivity contribution in [3.63, 3.8) is 0 Å². The van der Waals surface area contributed by atoms with Gasteiger partial charge in [-0.25, -0.2) is 0 Å². The number of nitrogens with zero attached hydrogens (tertiary/aromatic N) is 1. The van der Waals surface area contributed by atoms with E-state index in [9.17, 15) is 9.59 Å². The Bertz CT molecular complexity index is 611. The van der Waals surface area contributed by atoms with Crippen molar-refractivity contribution < 1.29 is 14.3 Å². The second-order valence-electron chi connectivity index (χ2n) is 7.01. The molecule has 2 amide bonds. The van der Waals surface area contributed by atoms with E-state index in [1.165, 1.54) is 32.1 Å². The van der Waals surface area contributed by atoms with Gasteiger partial charge in [0, 0.05) is 18.7 Å². The molecule has 0 spiro atoms. The van der Waals surface area contributed by atoms with E-state index in [4.69, 9.17) is 4.74 Å². The van der Waals surface area contributed by atoms with E-state index in [-0.39, 0.29) is 17.9 Å². The molecule has 3 rings (SSSR count). The van der Waals surface area contributed by atoms with Gasteiger partial charge in [0.25, 0.3) is 5.91 Å². The summed E-state index contributed by atoms with van der Waals surface area (Å²) in [6.45, 7) is 3.58. The Hall–Kier alpha value is -2.04. The van der Waals surface area contributed by atoms with Crippen LogP contribution in [0.3, 0.4) is 0 Å². The fourth-order valence-electron chi connectivity index (χ4n) is 3.98. The Balaban J connectivity index is 1.75. The van der Waals surface area contributed by atoms with Gasteiger partial charge in [-0.05, 0) is 37.5 Å². The quantitative estimate of drug-likeness (QED) is 0.893. The maximum Gasteiger partial charge on any atom is 0.254 e. The summed E-state index contributed by atoms with van der Waals surface area (Å²) in [5.41, 5.74) is 0.592. The first-order valence-corrected chi connectivity index (χ1v) is 9.50. The number of nitrogens with one attached hydrogen (secondary N) is 1. The molecule has 1 aromatic rings. The van der Waals surface area contributed by atoms with Crippen molar-refractivity contribution in [1.29, 1.82) is 0 Å². The molecule has 1 aromatic carbocycles. The topological polar surface area (TPSA) is 58.6 Å². The third-order valence-corrected chi connectivity index (χ3v) is 5.27. The molecule has 0 radical (unpaired) electrons. The van der Waals surface area contributed by atoms with Crippen LogP contribution in [0.4, 0.5) is 0 Å². The lowest BCUT2D eigenvalue weighted by molar-refractivity contribution is -0.128. The molecule has 1 N–H and O–H groups in total. The van der Waals surface area contributed by atoms with Gasteiger partial charge in [-0.1, -0.05) is 38.2 Å². The van der Waals surface area contributed by atoms with E-state index < -0.39 is 0 Å². The van der Waals surface area contributed by atoms with Gasteiger partial charge in [0.1, 0.15) is 11.8 Å². The summed E-state index contributed by atoms with van der Waals surface area (Å²) in [5.74, 6) is 1.16. The van der Waals surface area contributed by atoms with E-state index in [1.54, 1.807) is 17.0 Å². The van der Waals surface area contributed by atoms with Crippen LogP contribution in [-0.4, -0.2) is 42.5 Å². The third-order valence-electron chi connectivity index (χ3n) is 5.27. The van der Waals surface area contributed by atoms with Crippen molar-refractivity contribution in [2.24, 2.45) is 5.92 Å². The molecule has 1 aliphatic carbocycles. The van der Waals surface area contributed by atoms with E-state index in [1.807, 2.05) is 19.1 Å². The maximum absolute atomic E-state index is 13.0. The predicted octanol–water partition coefficient (Wildman–Crippen LogP) is 3.00. The van der Waals surface area contributed by atoms with Gasteiger partial charge >= 0.3 is 0 Å². The summed E-state index contributed by atoms with van der Waals surface area (Å²) >= 11 is 0. The molecule has 0 aromatic heterocycles. The Kier molecular flexibility index (Phi) is 5.95. The zero-order valence-corrected chi connectivity index (χ0v) is 15.0. The van der Waals surface area contributed by atoms with Crippen LogP contribution < -0.4 is 10.1 Å². The molecule has 1 atom stereocenters. The van der Waals surface area contributed by atoms with Gasteiger partial charge in [-0.2, -0.15) is 0 Å². The number of ether oxygens (including phenoxy) is 1. The first-order chi connectivity index (χ1) is 12.2. The van der Waals surface area contributed by atoms with Crippen LogP contribution in [0.2, 0.25) is 0 Å². The van der Waals surface area contributed by atoms with Crippen LogP contribution in [0.15, 0.2) is 24.3 Å². The lowest BCUT2D eigenvalue weighted by atomic mass is 9.84. The summed E-state index contributed by atoms with van der Waals surface area (Å²) in [5, 5.41) is 2.93. The highest BCUT2D eigenvalue weighted by Crippen LogP contribution is 2.30. The van der Waals surface area contributed by atoms with Gasteiger partial charge in [-0.15, -0.1) is 0 Å². The van der Waals surface area contributed by atoms with Gasteiger partial charge in [0.2, 0.25) is 5.91 Å². The minimum absolute atomic E-state index is 0.00821. The Morgan fingerprint density at radius 3 is 2.84 bits per heavy atom. The number of hydrogen-bond donors (Lipinski definition) is 1. The smallest absolute Gasteiger partial charge is 0.254 e. The van der Waals surface area contributed by atoms with Gasteiger partial charge < -0.3 is 15.0 Å². The van der Waals surface area contributed by atoms with Crippen LogP contribution in [0.1, 0.15) is 55.8 Å². The van der Waals surface area contributed by atoms with Gasteiger partial charge in [-0.3, -0.25) is 9.59 Å². The van der Waals surface area contributed by atoms with Crippen LogP contribution in [-0.2, 0) is 4.79 Å². The number of benzene rings is 1. The normalized spacial score (nSPS) is 21.7. The first kappa shape index (κ1) is 17.8. The fourth-order valence-corrected chi connectivity index (χ4v) is 3.98. The molecule has 1 aliphatic heterocycles. The molecule has 2 fully saturated rings. The highest BCUT2D eigenvalue weighted by molar-refractivity contribution is 5.98. The third kappa shape index (κ3) is 4.33. The number of amides is 2. The second kappa shape index (κ2) is 8.37. The monoisotopic (exact) mass is 344 g/mol. The van der Waals surface area contributed by atoms with E-state index in [0.717, 1.165) is 6.42 Å². The lowest BCUT2D eigenvalue weighted by Gasteiger charge is -2.37. The minimum Gasteiger partial charge on any atom is -0.494 e. The molecule has 136 valence electrons. The molecule has 2 aliphatic rings. The van der Waals surface area contributed by atoms with Crippen molar-refractivity contribution in [2.45, 2.75) is 51.5 Å². The maximum atomic E-state index is 13.0. The minimum atomic E-state index is -0.347. The summed E-state index contributed by atoms with van der Waals surface area (Å²) < 4.78 is 5.50. The molecule has 1 heterocycles. The number of carbonyl (C=O) groups excluding carboxylic acids is 2. The summed E-state index contributed by atoms with van der Waals surface area (Å²) in [6.07, 6.45) is 6.90. The standard InChI is InChI=1S/C20H28N2O3/c1-2-25-17-10-6-9-16(14-17)20(24)22-12-11-21-19(23)18(22)13-15-7-4-3-5-8-15/h6,9-10,14-15,18H,2-5,7-8,11-13H2,1H3,(H,21,23). The SMILES string of the molecule is CCOc1cccc(C(=O)N2CCNC(=O)C2CC2CCCCC2)c1. The Labute approximate surface area is 149 Å². The molecule has 1 saturated heterocycles. The van der Waals surface area contributed by atoms with Crippen molar-refractivity contribution in [3.05, 3.63) is 29.8 Å². The molecular formula is C20H28N2O3. The zero-order valence-electron chi connectivity index (χ0n) is 15.0. The summed E-state index contributed by atoms with van der Waals surface area (Å²) in [7, 11) is 0. The van der Waals surface area contributed by atoms with Crippen LogP contribution >= 0.6 is 0 Å². The van der Waals surface area contributed by atoms with Crippen molar-refractivity contribution in [2.75, 3.05) is 19.7 Å². The van der Waals surface area contributed by atoms with Crippen molar-refractivity contribution in [1.82, 2.24) is 10.2 Å². The van der Waals surface area contributed by atoms with Crippen LogP contribution in [0.25, 0.3) is 0 Å². The van der Waals surface area contributed by atoms with E-state index in [0.29, 0.717) is 36.9 Å². The zero-order chi connectivity index (χ0) is 17.6. The second-order valence-corrected chi connectivity index (χ2v) is 7.01. The number of rotatable bonds is 5. The molecule has 5 nitrogen and oxygen atoms in total. The Morgan fingerprint density at radius 1 is 1.28 bits per heavy atom. The number of carbonyl (C=O) groups is 2. The largest absolute Gasteiger partial charge is 0.494 e. The fraction of sp³-hybridized carbons (Fsp3) is 0.600. The average molecular weight is 344 g/mol. The molecular weight excluding hydrogens is 316 g/mol. The van der Waals surface area contributed by atoms with E-state index in [2.05, 4.69) is 5.32 Å². The number of piperazine rings is 1. The van der Waals surface area contributed by atoms with Gasteiger partial charge in [0.15, 0.2) is 0 Å². The highest BCUT2D eigenvalue weighted by atomic mass is 16.5.